The third kappa shape index (κ3) is 4.70. The first-order chi connectivity index (χ1) is 16.7. The maximum Gasteiger partial charge on any atom is 0.240 e. The Hall–Kier alpha value is -2.81. The number of hydrogen-bond donors (Lipinski definition) is 2. The molecule has 1 aliphatic heterocycles. The molecule has 3 aromatic carbocycles. The van der Waals surface area contributed by atoms with E-state index in [1.807, 2.05) is 11.8 Å². The maximum absolute atomic E-state index is 14.1. The molecule has 0 amide bonds. The summed E-state index contributed by atoms with van der Waals surface area (Å²) >= 11 is 0. The van der Waals surface area contributed by atoms with Gasteiger partial charge in [-0.3, -0.25) is 0 Å². The van der Waals surface area contributed by atoms with Gasteiger partial charge in [0.15, 0.2) is 0 Å². The van der Waals surface area contributed by atoms with Crippen molar-refractivity contribution in [2.45, 2.75) is 62.1 Å². The first kappa shape index (κ1) is 23.9. The molecule has 8 heteroatoms. The number of anilines is 2. The largest absolute Gasteiger partial charge is 0.389 e. The van der Waals surface area contributed by atoms with Crippen LogP contribution in [0.4, 0.5) is 20.2 Å². The number of aliphatic hydroxyl groups is 1. The standard InChI is InChI=1S/C27H28F2N2O3S/c1-17-5-11-22(12-6-17)35(33,34)30-23-3-2-4-26(27(23)32)31-24-13-9-20(28)15-18(24)7-8-19-16-21(29)10-14-25(19)31/h5-6,9-16,23,26-27,30,32H,2-4,7-8H2,1H3/t23-,26+,27+/m0/s1. The number of sulfonamides is 1. The topological polar surface area (TPSA) is 69.6 Å². The van der Waals surface area contributed by atoms with Gasteiger partial charge in [-0.2, -0.15) is 0 Å². The predicted octanol–water partition coefficient (Wildman–Crippen LogP) is 4.77. The number of fused-ring (bicyclic) bond motifs is 2. The number of rotatable bonds is 4. The number of halogens is 2. The van der Waals surface area contributed by atoms with E-state index in [2.05, 4.69) is 4.72 Å². The third-order valence-electron chi connectivity index (χ3n) is 7.06. The Labute approximate surface area is 204 Å². The van der Waals surface area contributed by atoms with Gasteiger partial charge < -0.3 is 10.0 Å². The van der Waals surface area contributed by atoms with E-state index in [1.54, 1.807) is 36.4 Å². The van der Waals surface area contributed by atoms with Gasteiger partial charge in [0.25, 0.3) is 0 Å². The molecule has 0 aromatic heterocycles. The lowest BCUT2D eigenvalue weighted by molar-refractivity contribution is 0.0812. The van der Waals surface area contributed by atoms with Gasteiger partial charge in [0.05, 0.1) is 23.1 Å². The number of hydrogen-bond acceptors (Lipinski definition) is 4. The zero-order valence-electron chi connectivity index (χ0n) is 19.4. The van der Waals surface area contributed by atoms with Gasteiger partial charge in [0.1, 0.15) is 11.6 Å². The van der Waals surface area contributed by atoms with Crippen LogP contribution in [-0.2, 0) is 22.9 Å². The smallest absolute Gasteiger partial charge is 0.240 e. The summed E-state index contributed by atoms with van der Waals surface area (Å²) in [5.41, 5.74) is 4.01. The van der Waals surface area contributed by atoms with Gasteiger partial charge in [-0.15, -0.1) is 0 Å². The summed E-state index contributed by atoms with van der Waals surface area (Å²) in [6.07, 6.45) is 1.82. The summed E-state index contributed by atoms with van der Waals surface area (Å²) in [5.74, 6) is -0.706. The van der Waals surface area contributed by atoms with E-state index in [1.165, 1.54) is 24.3 Å². The van der Waals surface area contributed by atoms with Crippen molar-refractivity contribution in [3.05, 3.63) is 89.0 Å². The lowest BCUT2D eigenvalue weighted by Crippen LogP contribution is -2.55. The highest BCUT2D eigenvalue weighted by Gasteiger charge is 2.40. The number of nitrogens with one attached hydrogen (secondary N) is 1. The van der Waals surface area contributed by atoms with Gasteiger partial charge in [-0.25, -0.2) is 21.9 Å². The molecule has 0 spiro atoms. The van der Waals surface area contributed by atoms with E-state index in [-0.39, 0.29) is 16.5 Å². The van der Waals surface area contributed by atoms with Crippen LogP contribution in [-0.4, -0.2) is 31.7 Å². The number of aryl methyl sites for hydroxylation is 3. The van der Waals surface area contributed by atoms with Gasteiger partial charge in [0.2, 0.25) is 10.0 Å². The highest BCUT2D eigenvalue weighted by molar-refractivity contribution is 7.89. The molecule has 3 aromatic rings. The maximum atomic E-state index is 14.1. The fraction of sp³-hybridized carbons (Fsp3) is 0.333. The Bertz CT molecular complexity index is 1290. The second-order valence-electron chi connectivity index (χ2n) is 9.45. The SMILES string of the molecule is Cc1ccc(S(=O)(=O)N[C@H]2CCC[C@@H](N3c4ccc(F)cc4CCc4cc(F)ccc43)[C@@H]2O)cc1. The number of aliphatic hydroxyl groups excluding tert-OH is 1. The van der Waals surface area contributed by atoms with Crippen LogP contribution in [0.3, 0.4) is 0 Å². The molecule has 1 saturated carbocycles. The summed E-state index contributed by atoms with van der Waals surface area (Å²) in [6, 6.07) is 14.5. The van der Waals surface area contributed by atoms with Crippen LogP contribution in [0, 0.1) is 18.6 Å². The second kappa shape index (κ2) is 9.33. The van der Waals surface area contributed by atoms with Gasteiger partial charge in [0, 0.05) is 11.4 Å². The van der Waals surface area contributed by atoms with E-state index in [4.69, 9.17) is 0 Å². The minimum atomic E-state index is -3.83. The molecule has 0 radical (unpaired) electrons. The third-order valence-corrected chi connectivity index (χ3v) is 8.56. The predicted molar refractivity (Wildman–Crippen MR) is 131 cm³/mol. The first-order valence-corrected chi connectivity index (χ1v) is 13.3. The minimum Gasteiger partial charge on any atom is -0.389 e. The molecular formula is C27H28F2N2O3S. The summed E-state index contributed by atoms with van der Waals surface area (Å²) < 4.78 is 57.0. The fourth-order valence-electron chi connectivity index (χ4n) is 5.29. The summed E-state index contributed by atoms with van der Waals surface area (Å²) in [5, 5.41) is 11.5. The average molecular weight is 499 g/mol. The molecule has 0 saturated heterocycles. The van der Waals surface area contributed by atoms with Crippen molar-refractivity contribution in [1.29, 1.82) is 0 Å². The zero-order chi connectivity index (χ0) is 24.7. The second-order valence-corrected chi connectivity index (χ2v) is 11.2. The Morgan fingerprint density at radius 3 is 2.03 bits per heavy atom. The van der Waals surface area contributed by atoms with Crippen LogP contribution in [0.1, 0.15) is 36.0 Å². The molecule has 2 aliphatic rings. The van der Waals surface area contributed by atoms with E-state index < -0.39 is 28.2 Å². The van der Waals surface area contributed by atoms with Crippen LogP contribution in [0.25, 0.3) is 0 Å². The quantitative estimate of drug-likeness (QED) is 0.544. The van der Waals surface area contributed by atoms with Crippen LogP contribution in [0.2, 0.25) is 0 Å². The molecular weight excluding hydrogens is 470 g/mol. The van der Waals surface area contributed by atoms with Crippen molar-refractivity contribution in [2.75, 3.05) is 4.90 Å². The number of benzene rings is 3. The Morgan fingerprint density at radius 1 is 0.886 bits per heavy atom. The van der Waals surface area contributed by atoms with Crippen molar-refractivity contribution in [2.24, 2.45) is 0 Å². The molecule has 5 nitrogen and oxygen atoms in total. The molecule has 35 heavy (non-hydrogen) atoms. The van der Waals surface area contributed by atoms with Crippen molar-refractivity contribution >= 4 is 21.4 Å². The lowest BCUT2D eigenvalue weighted by Gasteiger charge is -2.43. The molecule has 0 bridgehead atoms. The van der Waals surface area contributed by atoms with Gasteiger partial charge in [-0.1, -0.05) is 17.7 Å². The van der Waals surface area contributed by atoms with E-state index in [9.17, 15) is 22.3 Å². The lowest BCUT2D eigenvalue weighted by atomic mass is 9.86. The fourth-order valence-corrected chi connectivity index (χ4v) is 6.57. The Morgan fingerprint density at radius 2 is 1.46 bits per heavy atom. The highest BCUT2D eigenvalue weighted by Crippen LogP contribution is 2.41. The summed E-state index contributed by atoms with van der Waals surface area (Å²) in [7, 11) is -3.83. The van der Waals surface area contributed by atoms with Crippen LogP contribution in [0.15, 0.2) is 65.6 Å². The molecule has 2 N–H and O–H groups in total. The number of nitrogens with zero attached hydrogens (tertiary/aromatic N) is 1. The average Bonchev–Trinajstić information content (AvgIpc) is 2.97. The van der Waals surface area contributed by atoms with Crippen molar-refractivity contribution in [3.63, 3.8) is 0 Å². The molecule has 1 fully saturated rings. The van der Waals surface area contributed by atoms with Crippen LogP contribution in [0.5, 0.6) is 0 Å². The van der Waals surface area contributed by atoms with E-state index >= 15 is 0 Å². The van der Waals surface area contributed by atoms with Crippen molar-refractivity contribution in [1.82, 2.24) is 4.72 Å². The van der Waals surface area contributed by atoms with Gasteiger partial charge in [-0.05, 0) is 98.7 Å². The molecule has 5 rings (SSSR count). The normalized spacial score (nSPS) is 22.3. The summed E-state index contributed by atoms with van der Waals surface area (Å²) in [6.45, 7) is 1.88. The molecule has 3 atom stereocenters. The highest BCUT2D eigenvalue weighted by atomic mass is 32.2. The summed E-state index contributed by atoms with van der Waals surface area (Å²) in [4.78, 5) is 2.10. The molecule has 1 heterocycles. The van der Waals surface area contributed by atoms with Crippen LogP contribution < -0.4 is 9.62 Å². The Kier molecular flexibility index (Phi) is 6.38. The zero-order valence-corrected chi connectivity index (χ0v) is 20.2. The first-order valence-electron chi connectivity index (χ1n) is 11.9. The Balaban J connectivity index is 1.51. The van der Waals surface area contributed by atoms with E-state index in [0.29, 0.717) is 32.1 Å². The van der Waals surface area contributed by atoms with E-state index in [0.717, 1.165) is 28.1 Å². The minimum absolute atomic E-state index is 0.147. The molecule has 184 valence electrons. The van der Waals surface area contributed by atoms with Crippen molar-refractivity contribution < 1.29 is 22.3 Å². The molecule has 1 aliphatic carbocycles. The van der Waals surface area contributed by atoms with Crippen LogP contribution >= 0.6 is 0 Å². The molecule has 0 unspecified atom stereocenters. The monoisotopic (exact) mass is 498 g/mol. The van der Waals surface area contributed by atoms with Crippen molar-refractivity contribution in [3.8, 4) is 0 Å². The van der Waals surface area contributed by atoms with Gasteiger partial charge >= 0.3 is 0 Å².